The number of aromatic nitrogens is 1. The number of benzene rings is 1. The number of nitrogens with zero attached hydrogens (tertiary/aromatic N) is 2. The molecule has 0 atom stereocenters. The van der Waals surface area contributed by atoms with Crippen LogP contribution < -0.4 is 5.56 Å². The summed E-state index contributed by atoms with van der Waals surface area (Å²) in [5.74, 6) is -1.86. The lowest BCUT2D eigenvalue weighted by molar-refractivity contribution is 0.0691. The quantitative estimate of drug-likeness (QED) is 0.851. The Morgan fingerprint density at radius 3 is 2.48 bits per heavy atom. The maximum Gasteiger partial charge on any atom is 0.341 e. The number of carboxylic acid groups (broad SMARTS) is 1. The molecule has 23 heavy (non-hydrogen) atoms. The van der Waals surface area contributed by atoms with E-state index in [1.807, 2.05) is 32.0 Å². The van der Waals surface area contributed by atoms with Gasteiger partial charge in [-0.15, -0.1) is 0 Å². The van der Waals surface area contributed by atoms with Crippen molar-refractivity contribution < 1.29 is 15.0 Å². The van der Waals surface area contributed by atoms with Crippen molar-refractivity contribution in [2.24, 2.45) is 12.0 Å². The number of aryl methyl sites for hydroxylation is 2. The van der Waals surface area contributed by atoms with Gasteiger partial charge in [-0.2, -0.15) is 0 Å². The highest BCUT2D eigenvalue weighted by Crippen LogP contribution is 2.22. The number of carbonyl (C=O) groups is 1. The van der Waals surface area contributed by atoms with E-state index in [4.69, 9.17) is 0 Å². The second-order valence-electron chi connectivity index (χ2n) is 5.45. The molecule has 0 fully saturated rings. The fourth-order valence-electron chi connectivity index (χ4n) is 2.40. The minimum atomic E-state index is -1.29. The maximum atomic E-state index is 12.3. The molecule has 0 saturated carbocycles. The van der Waals surface area contributed by atoms with Crippen LogP contribution in [-0.4, -0.2) is 27.0 Å². The van der Waals surface area contributed by atoms with Gasteiger partial charge < -0.3 is 10.2 Å². The lowest BCUT2D eigenvalue weighted by Crippen LogP contribution is -2.25. The molecule has 2 aromatic rings. The Bertz CT molecular complexity index is 879. The van der Waals surface area contributed by atoms with Gasteiger partial charge in [0.25, 0.3) is 5.56 Å². The highest BCUT2D eigenvalue weighted by atomic mass is 16.4. The lowest BCUT2D eigenvalue weighted by Gasteiger charge is -2.11. The first-order chi connectivity index (χ1) is 10.7. The monoisotopic (exact) mass is 314 g/mol. The fraction of sp³-hybridized carbons (Fsp3) is 0.235. The molecule has 1 heterocycles. The first-order valence-electron chi connectivity index (χ1n) is 7.01. The average molecular weight is 314 g/mol. The highest BCUT2D eigenvalue weighted by Gasteiger charge is 2.21. The normalized spacial score (nSPS) is 11.1. The molecule has 1 aromatic heterocycles. The van der Waals surface area contributed by atoms with Crippen molar-refractivity contribution in [3.8, 4) is 5.88 Å². The first kappa shape index (κ1) is 16.5. The minimum Gasteiger partial charge on any atom is -0.494 e. The summed E-state index contributed by atoms with van der Waals surface area (Å²) in [5.41, 5.74) is 2.28. The molecule has 120 valence electrons. The van der Waals surface area contributed by atoms with Crippen LogP contribution in [0.2, 0.25) is 0 Å². The van der Waals surface area contributed by atoms with Gasteiger partial charge in [-0.25, -0.2) is 4.79 Å². The lowest BCUT2D eigenvalue weighted by atomic mass is 10.1. The van der Waals surface area contributed by atoms with Crippen molar-refractivity contribution in [2.45, 2.75) is 20.8 Å². The molecule has 0 aliphatic carbocycles. The predicted octanol–water partition coefficient (Wildman–Crippen LogP) is 2.46. The molecule has 6 heteroatoms. The summed E-state index contributed by atoms with van der Waals surface area (Å²) in [6, 6.07) is 5.71. The van der Waals surface area contributed by atoms with Crippen LogP contribution in [0.1, 0.15) is 32.6 Å². The van der Waals surface area contributed by atoms with Crippen molar-refractivity contribution in [2.75, 3.05) is 0 Å². The molecule has 0 radical (unpaired) electrons. The fourth-order valence-corrected chi connectivity index (χ4v) is 2.40. The molecular weight excluding hydrogens is 296 g/mol. The van der Waals surface area contributed by atoms with Crippen LogP contribution in [0.3, 0.4) is 0 Å². The van der Waals surface area contributed by atoms with E-state index < -0.39 is 17.4 Å². The number of carboxylic acids is 1. The Labute approximate surface area is 133 Å². The number of aromatic hydroxyl groups is 1. The van der Waals surface area contributed by atoms with Crippen LogP contribution in [0, 0.1) is 20.8 Å². The van der Waals surface area contributed by atoms with E-state index in [-0.39, 0.29) is 16.7 Å². The van der Waals surface area contributed by atoms with Gasteiger partial charge in [-0.1, -0.05) is 17.7 Å². The van der Waals surface area contributed by atoms with Gasteiger partial charge in [0.1, 0.15) is 5.56 Å². The van der Waals surface area contributed by atoms with Gasteiger partial charge in [0.15, 0.2) is 0 Å². The van der Waals surface area contributed by atoms with Gasteiger partial charge in [-0.05, 0) is 38.0 Å². The SMILES string of the molecule is Cc1ccc(N=Cc2c(C)c(C(=O)O)c(O)n(C)c2=O)c(C)c1. The van der Waals surface area contributed by atoms with Gasteiger partial charge >= 0.3 is 5.97 Å². The second kappa shape index (κ2) is 6.08. The molecule has 0 spiro atoms. The largest absolute Gasteiger partial charge is 0.494 e. The van der Waals surface area contributed by atoms with E-state index in [2.05, 4.69) is 4.99 Å². The number of rotatable bonds is 3. The summed E-state index contributed by atoms with van der Waals surface area (Å²) in [7, 11) is 1.32. The van der Waals surface area contributed by atoms with Gasteiger partial charge in [0.05, 0.1) is 11.3 Å². The number of pyridine rings is 1. The number of aliphatic imine (C=N–C) groups is 1. The van der Waals surface area contributed by atoms with Crippen LogP contribution >= 0.6 is 0 Å². The molecule has 0 saturated heterocycles. The Kier molecular flexibility index (Phi) is 4.36. The highest BCUT2D eigenvalue weighted by molar-refractivity contribution is 5.95. The summed E-state index contributed by atoms with van der Waals surface area (Å²) in [6.45, 7) is 5.36. The smallest absolute Gasteiger partial charge is 0.341 e. The zero-order chi connectivity index (χ0) is 17.3. The molecule has 0 bridgehead atoms. The molecule has 6 nitrogen and oxygen atoms in total. The Balaban J connectivity index is 2.62. The molecule has 0 aliphatic heterocycles. The standard InChI is InChI=1S/C17H18N2O4/c1-9-5-6-13(10(2)7-9)18-8-12-11(3)14(17(22)23)16(21)19(4)15(12)20/h5-8,21H,1-4H3,(H,22,23). The van der Waals surface area contributed by atoms with E-state index in [1.165, 1.54) is 20.2 Å². The number of aromatic carboxylic acids is 1. The predicted molar refractivity (Wildman–Crippen MR) is 88.2 cm³/mol. The number of hydrogen-bond acceptors (Lipinski definition) is 4. The van der Waals surface area contributed by atoms with E-state index in [0.29, 0.717) is 5.69 Å². The third-order valence-corrected chi connectivity index (χ3v) is 3.75. The number of hydrogen-bond donors (Lipinski definition) is 2. The van der Waals surface area contributed by atoms with E-state index in [1.54, 1.807) is 0 Å². The Morgan fingerprint density at radius 2 is 1.91 bits per heavy atom. The summed E-state index contributed by atoms with van der Waals surface area (Å²) in [5, 5.41) is 19.1. The molecule has 2 rings (SSSR count). The minimum absolute atomic E-state index is 0.141. The van der Waals surface area contributed by atoms with Crippen molar-refractivity contribution in [3.05, 3.63) is 56.4 Å². The second-order valence-corrected chi connectivity index (χ2v) is 5.45. The van der Waals surface area contributed by atoms with Crippen molar-refractivity contribution in [3.63, 3.8) is 0 Å². The first-order valence-corrected chi connectivity index (χ1v) is 7.01. The van der Waals surface area contributed by atoms with Crippen LogP contribution in [-0.2, 0) is 7.05 Å². The third-order valence-electron chi connectivity index (χ3n) is 3.75. The molecule has 0 unspecified atom stereocenters. The molecule has 0 aliphatic rings. The van der Waals surface area contributed by atoms with Crippen LogP contribution in [0.25, 0.3) is 0 Å². The molecule has 1 aromatic carbocycles. The van der Waals surface area contributed by atoms with Gasteiger partial charge in [0.2, 0.25) is 5.88 Å². The topological polar surface area (TPSA) is 91.9 Å². The molecule has 0 amide bonds. The van der Waals surface area contributed by atoms with Crippen molar-refractivity contribution in [1.82, 2.24) is 4.57 Å². The van der Waals surface area contributed by atoms with Crippen LogP contribution in [0.5, 0.6) is 5.88 Å². The van der Waals surface area contributed by atoms with E-state index in [9.17, 15) is 19.8 Å². The van der Waals surface area contributed by atoms with Crippen LogP contribution in [0.15, 0.2) is 28.0 Å². The zero-order valence-corrected chi connectivity index (χ0v) is 13.4. The molecular formula is C17H18N2O4. The van der Waals surface area contributed by atoms with E-state index >= 15 is 0 Å². The van der Waals surface area contributed by atoms with Gasteiger partial charge in [-0.3, -0.25) is 14.4 Å². The maximum absolute atomic E-state index is 12.3. The van der Waals surface area contributed by atoms with Crippen LogP contribution in [0.4, 0.5) is 5.69 Å². The van der Waals surface area contributed by atoms with Gasteiger partial charge in [0, 0.05) is 13.3 Å². The summed E-state index contributed by atoms with van der Waals surface area (Å²) in [6.07, 6.45) is 1.35. The third kappa shape index (κ3) is 3.01. The van der Waals surface area contributed by atoms with Crippen molar-refractivity contribution >= 4 is 17.9 Å². The van der Waals surface area contributed by atoms with Crippen molar-refractivity contribution in [1.29, 1.82) is 0 Å². The summed E-state index contributed by atoms with van der Waals surface area (Å²) < 4.78 is 0.903. The Hall–Kier alpha value is -2.89. The summed E-state index contributed by atoms with van der Waals surface area (Å²) in [4.78, 5) is 27.9. The zero-order valence-electron chi connectivity index (χ0n) is 13.4. The summed E-state index contributed by atoms with van der Waals surface area (Å²) >= 11 is 0. The average Bonchev–Trinajstić information content (AvgIpc) is 2.46. The van der Waals surface area contributed by atoms with E-state index in [0.717, 1.165) is 15.7 Å². The Morgan fingerprint density at radius 1 is 1.26 bits per heavy atom. The molecule has 2 N–H and O–H groups in total.